The third-order valence-electron chi connectivity index (χ3n) is 3.74. The molecule has 0 aliphatic carbocycles. The molecular weight excluding hydrogens is 298 g/mol. The highest BCUT2D eigenvalue weighted by molar-refractivity contribution is 5.75. The molecule has 0 radical (unpaired) electrons. The standard InChI is InChI=1S/C16H23N3O4/c1-16(2,3)15(20)23-18-10-8-12(9-11-18)17-13-6-4-5-7-14(13)19(21)22/h4-7,12,17H,8-11H2,1-3H3. The molecule has 1 aliphatic heterocycles. The third-order valence-corrected chi connectivity index (χ3v) is 3.74. The van der Waals surface area contributed by atoms with Crippen molar-refractivity contribution in [2.45, 2.75) is 39.7 Å². The quantitative estimate of drug-likeness (QED) is 0.678. The first-order chi connectivity index (χ1) is 10.8. The maximum absolute atomic E-state index is 11.9. The number of anilines is 1. The number of carbonyl (C=O) groups is 1. The molecule has 1 fully saturated rings. The van der Waals surface area contributed by atoms with E-state index in [4.69, 9.17) is 4.84 Å². The number of carbonyl (C=O) groups excluding carboxylic acids is 1. The van der Waals surface area contributed by atoms with E-state index in [1.54, 1.807) is 23.3 Å². The molecule has 7 heteroatoms. The van der Waals surface area contributed by atoms with Crippen molar-refractivity contribution in [1.29, 1.82) is 0 Å². The molecule has 1 saturated heterocycles. The Morgan fingerprint density at radius 2 is 1.91 bits per heavy atom. The minimum atomic E-state index is -0.528. The lowest BCUT2D eigenvalue weighted by Gasteiger charge is -2.32. The Balaban J connectivity index is 1.88. The molecule has 1 heterocycles. The highest BCUT2D eigenvalue weighted by Crippen LogP contribution is 2.26. The van der Waals surface area contributed by atoms with Crippen LogP contribution in [0.3, 0.4) is 0 Å². The van der Waals surface area contributed by atoms with Gasteiger partial charge in [0.1, 0.15) is 5.69 Å². The molecule has 126 valence electrons. The van der Waals surface area contributed by atoms with E-state index in [1.165, 1.54) is 6.07 Å². The van der Waals surface area contributed by atoms with Crippen LogP contribution in [0.15, 0.2) is 24.3 Å². The van der Waals surface area contributed by atoms with Gasteiger partial charge in [0.15, 0.2) is 0 Å². The van der Waals surface area contributed by atoms with Gasteiger partial charge in [0.25, 0.3) is 5.69 Å². The van der Waals surface area contributed by atoms with Gasteiger partial charge in [0, 0.05) is 25.2 Å². The second kappa shape index (κ2) is 6.95. The van der Waals surface area contributed by atoms with Gasteiger partial charge in [-0.3, -0.25) is 10.1 Å². The van der Waals surface area contributed by atoms with Crippen molar-refractivity contribution in [3.8, 4) is 0 Å². The number of nitrogens with zero attached hydrogens (tertiary/aromatic N) is 2. The number of hydrogen-bond donors (Lipinski definition) is 1. The van der Waals surface area contributed by atoms with Crippen LogP contribution in [0.25, 0.3) is 0 Å². The molecule has 7 nitrogen and oxygen atoms in total. The predicted octanol–water partition coefficient (Wildman–Crippen LogP) is 2.98. The number of hydrogen-bond acceptors (Lipinski definition) is 6. The van der Waals surface area contributed by atoms with Crippen molar-refractivity contribution in [2.24, 2.45) is 5.41 Å². The molecule has 0 amide bonds. The molecule has 0 unspecified atom stereocenters. The second-order valence-electron chi connectivity index (χ2n) is 6.75. The number of nitro benzene ring substituents is 1. The number of piperidine rings is 1. The molecule has 0 atom stereocenters. The maximum Gasteiger partial charge on any atom is 0.330 e. The minimum Gasteiger partial charge on any atom is -0.377 e. The van der Waals surface area contributed by atoms with Gasteiger partial charge in [-0.25, -0.2) is 4.79 Å². The molecule has 23 heavy (non-hydrogen) atoms. The summed E-state index contributed by atoms with van der Waals surface area (Å²) in [6.07, 6.45) is 1.51. The van der Waals surface area contributed by atoms with Crippen LogP contribution in [0.4, 0.5) is 11.4 Å². The summed E-state index contributed by atoms with van der Waals surface area (Å²) in [6, 6.07) is 6.75. The van der Waals surface area contributed by atoms with E-state index < -0.39 is 5.41 Å². The number of rotatable bonds is 4. The Morgan fingerprint density at radius 1 is 1.30 bits per heavy atom. The van der Waals surface area contributed by atoms with Gasteiger partial charge in [-0.1, -0.05) is 12.1 Å². The number of hydroxylamine groups is 2. The minimum absolute atomic E-state index is 0.0779. The van der Waals surface area contributed by atoms with Gasteiger partial charge in [-0.05, 0) is 39.7 Å². The zero-order valence-corrected chi connectivity index (χ0v) is 13.7. The van der Waals surface area contributed by atoms with Crippen molar-refractivity contribution < 1.29 is 14.6 Å². The molecule has 0 bridgehead atoms. The molecular formula is C16H23N3O4. The molecule has 1 aromatic rings. The largest absolute Gasteiger partial charge is 0.377 e. The Labute approximate surface area is 135 Å². The number of nitro groups is 1. The van der Waals surface area contributed by atoms with Crippen LogP contribution >= 0.6 is 0 Å². The van der Waals surface area contributed by atoms with Crippen LogP contribution in [0.1, 0.15) is 33.6 Å². The zero-order chi connectivity index (χ0) is 17.0. The fraction of sp³-hybridized carbons (Fsp3) is 0.562. The van der Waals surface area contributed by atoms with E-state index in [0.29, 0.717) is 18.8 Å². The van der Waals surface area contributed by atoms with Gasteiger partial charge in [0.05, 0.1) is 10.3 Å². The predicted molar refractivity (Wildman–Crippen MR) is 86.9 cm³/mol. The van der Waals surface area contributed by atoms with E-state index in [1.807, 2.05) is 20.8 Å². The molecule has 1 aromatic carbocycles. The molecule has 0 spiro atoms. The SMILES string of the molecule is CC(C)(C)C(=O)ON1CCC(Nc2ccccc2[N+](=O)[O-])CC1. The fourth-order valence-corrected chi connectivity index (χ4v) is 2.32. The third kappa shape index (κ3) is 4.66. The first kappa shape index (κ1) is 17.2. The Morgan fingerprint density at radius 3 is 2.48 bits per heavy atom. The molecule has 0 saturated carbocycles. The Kier molecular flexibility index (Phi) is 5.20. The van der Waals surface area contributed by atoms with Crippen molar-refractivity contribution in [3.63, 3.8) is 0 Å². The molecule has 2 rings (SSSR count). The summed E-state index contributed by atoms with van der Waals surface area (Å²) in [7, 11) is 0. The monoisotopic (exact) mass is 321 g/mol. The van der Waals surface area contributed by atoms with E-state index in [2.05, 4.69) is 5.32 Å². The summed E-state index contributed by atoms with van der Waals surface area (Å²) < 4.78 is 0. The smallest absolute Gasteiger partial charge is 0.330 e. The lowest BCUT2D eigenvalue weighted by Crippen LogP contribution is -2.42. The van der Waals surface area contributed by atoms with Crippen LogP contribution in [0.2, 0.25) is 0 Å². The second-order valence-corrected chi connectivity index (χ2v) is 6.75. The van der Waals surface area contributed by atoms with E-state index in [0.717, 1.165) is 12.8 Å². The first-order valence-corrected chi connectivity index (χ1v) is 7.74. The van der Waals surface area contributed by atoms with E-state index in [-0.39, 0.29) is 22.6 Å². The summed E-state index contributed by atoms with van der Waals surface area (Å²) in [5, 5.41) is 15.9. The van der Waals surface area contributed by atoms with Gasteiger partial charge in [-0.15, -0.1) is 5.06 Å². The first-order valence-electron chi connectivity index (χ1n) is 7.74. The zero-order valence-electron chi connectivity index (χ0n) is 13.7. The number of benzene rings is 1. The summed E-state index contributed by atoms with van der Waals surface area (Å²) in [6.45, 7) is 6.68. The summed E-state index contributed by atoms with van der Waals surface area (Å²) >= 11 is 0. The van der Waals surface area contributed by atoms with Crippen LogP contribution < -0.4 is 5.32 Å². The van der Waals surface area contributed by atoms with Gasteiger partial charge >= 0.3 is 5.97 Å². The molecule has 1 aliphatic rings. The molecule has 1 N–H and O–H groups in total. The molecule has 0 aromatic heterocycles. The lowest BCUT2D eigenvalue weighted by molar-refractivity contribution is -0.384. The fourth-order valence-electron chi connectivity index (χ4n) is 2.32. The number of nitrogens with one attached hydrogen (secondary N) is 1. The topological polar surface area (TPSA) is 84.7 Å². The van der Waals surface area contributed by atoms with Crippen LogP contribution in [-0.2, 0) is 9.63 Å². The van der Waals surface area contributed by atoms with E-state index >= 15 is 0 Å². The van der Waals surface area contributed by atoms with Crippen LogP contribution in [0, 0.1) is 15.5 Å². The van der Waals surface area contributed by atoms with Crippen molar-refractivity contribution in [1.82, 2.24) is 5.06 Å². The van der Waals surface area contributed by atoms with Crippen molar-refractivity contribution in [2.75, 3.05) is 18.4 Å². The summed E-state index contributed by atoms with van der Waals surface area (Å²) in [5.41, 5.74) is 0.0801. The van der Waals surface area contributed by atoms with Gasteiger partial charge < -0.3 is 10.2 Å². The van der Waals surface area contributed by atoms with Gasteiger partial charge in [-0.2, -0.15) is 0 Å². The average molecular weight is 321 g/mol. The van der Waals surface area contributed by atoms with Crippen molar-refractivity contribution >= 4 is 17.3 Å². The van der Waals surface area contributed by atoms with E-state index in [9.17, 15) is 14.9 Å². The maximum atomic E-state index is 11.9. The Bertz CT molecular complexity index is 575. The van der Waals surface area contributed by atoms with Gasteiger partial charge in [0.2, 0.25) is 0 Å². The summed E-state index contributed by atoms with van der Waals surface area (Å²) in [4.78, 5) is 27.9. The van der Waals surface area contributed by atoms with Crippen molar-refractivity contribution in [3.05, 3.63) is 34.4 Å². The summed E-state index contributed by atoms with van der Waals surface area (Å²) in [5.74, 6) is -0.248. The normalized spacial score (nSPS) is 16.8. The average Bonchev–Trinajstić information content (AvgIpc) is 2.48. The highest BCUT2D eigenvalue weighted by Gasteiger charge is 2.28. The highest BCUT2D eigenvalue weighted by atomic mass is 16.7. The van der Waals surface area contributed by atoms with Crippen LogP contribution in [0.5, 0.6) is 0 Å². The Hall–Kier alpha value is -2.15. The number of para-hydroxylation sites is 2. The van der Waals surface area contributed by atoms with Crippen LogP contribution in [-0.4, -0.2) is 35.1 Å². The lowest BCUT2D eigenvalue weighted by atomic mass is 9.98.